The zero-order valence-electron chi connectivity index (χ0n) is 14.3. The van der Waals surface area contributed by atoms with Crippen molar-refractivity contribution < 1.29 is 23.0 Å². The number of hydrogen-bond donors (Lipinski definition) is 0. The third kappa shape index (κ3) is 3.80. The Hall–Kier alpha value is -3.81. The van der Waals surface area contributed by atoms with Crippen molar-refractivity contribution in [3.63, 3.8) is 0 Å². The van der Waals surface area contributed by atoms with E-state index in [1.54, 1.807) is 29.2 Å². The van der Waals surface area contributed by atoms with Gasteiger partial charge in [0.25, 0.3) is 0 Å². The first-order valence-electron chi connectivity index (χ1n) is 8.26. The van der Waals surface area contributed by atoms with Crippen molar-refractivity contribution >= 4 is 17.9 Å². The Morgan fingerprint density at radius 3 is 2.71 bits per heavy atom. The standard InChI is InChI=1S/C20H13F2N3O3/c21-20(22)27-16-8-4-5-14(10-16)18-24-17(19(26)28-18)9-13-11-23-25(12-13)15-6-2-1-3-7-15/h1-12,20H/b17-9-. The van der Waals surface area contributed by atoms with Crippen LogP contribution in [0.3, 0.4) is 0 Å². The molecule has 2 heterocycles. The van der Waals surface area contributed by atoms with Gasteiger partial charge in [0.05, 0.1) is 11.9 Å². The molecule has 140 valence electrons. The first-order chi connectivity index (χ1) is 13.6. The van der Waals surface area contributed by atoms with Crippen molar-refractivity contribution in [1.29, 1.82) is 0 Å². The van der Waals surface area contributed by atoms with Crippen molar-refractivity contribution in [3.05, 3.63) is 83.8 Å². The summed E-state index contributed by atoms with van der Waals surface area (Å²) in [7, 11) is 0. The van der Waals surface area contributed by atoms with E-state index in [1.165, 1.54) is 18.2 Å². The first-order valence-corrected chi connectivity index (χ1v) is 8.26. The zero-order valence-corrected chi connectivity index (χ0v) is 14.3. The lowest BCUT2D eigenvalue weighted by molar-refractivity contribution is -0.129. The van der Waals surface area contributed by atoms with Crippen LogP contribution in [0.4, 0.5) is 8.78 Å². The molecule has 0 saturated heterocycles. The van der Waals surface area contributed by atoms with Crippen molar-refractivity contribution in [2.75, 3.05) is 0 Å². The van der Waals surface area contributed by atoms with Crippen molar-refractivity contribution in [2.24, 2.45) is 4.99 Å². The summed E-state index contributed by atoms with van der Waals surface area (Å²) in [5.74, 6) is -0.665. The molecule has 1 aliphatic heterocycles. The second-order valence-corrected chi connectivity index (χ2v) is 5.80. The second-order valence-electron chi connectivity index (χ2n) is 5.80. The minimum absolute atomic E-state index is 0.0198. The number of halogens is 2. The largest absolute Gasteiger partial charge is 0.435 e. The van der Waals surface area contributed by atoms with E-state index < -0.39 is 12.6 Å². The summed E-state index contributed by atoms with van der Waals surface area (Å²) >= 11 is 0. The van der Waals surface area contributed by atoms with E-state index in [4.69, 9.17) is 4.74 Å². The number of rotatable bonds is 5. The number of carbonyl (C=O) groups is 1. The average Bonchev–Trinajstić information content (AvgIpc) is 3.30. The molecule has 3 aromatic rings. The van der Waals surface area contributed by atoms with Crippen LogP contribution in [0, 0.1) is 0 Å². The van der Waals surface area contributed by atoms with Crippen molar-refractivity contribution in [1.82, 2.24) is 9.78 Å². The number of aromatic nitrogens is 2. The van der Waals surface area contributed by atoms with Gasteiger partial charge >= 0.3 is 12.6 Å². The molecule has 28 heavy (non-hydrogen) atoms. The van der Waals surface area contributed by atoms with Gasteiger partial charge < -0.3 is 9.47 Å². The number of para-hydroxylation sites is 1. The Morgan fingerprint density at radius 1 is 1.11 bits per heavy atom. The van der Waals surface area contributed by atoms with Gasteiger partial charge in [-0.3, -0.25) is 0 Å². The lowest BCUT2D eigenvalue weighted by atomic mass is 10.2. The molecule has 0 aliphatic carbocycles. The molecule has 0 spiro atoms. The highest BCUT2D eigenvalue weighted by atomic mass is 19.3. The van der Waals surface area contributed by atoms with Crippen LogP contribution in [0.25, 0.3) is 11.8 Å². The van der Waals surface area contributed by atoms with Crippen LogP contribution in [-0.4, -0.2) is 28.3 Å². The highest BCUT2D eigenvalue weighted by Crippen LogP contribution is 2.22. The molecule has 0 amide bonds. The Morgan fingerprint density at radius 2 is 1.93 bits per heavy atom. The molecule has 0 fully saturated rings. The van der Waals surface area contributed by atoms with E-state index in [-0.39, 0.29) is 17.3 Å². The van der Waals surface area contributed by atoms with E-state index in [0.717, 1.165) is 5.69 Å². The smallest absolute Gasteiger partial charge is 0.387 e. The van der Waals surface area contributed by atoms with Crippen molar-refractivity contribution in [2.45, 2.75) is 6.61 Å². The fourth-order valence-electron chi connectivity index (χ4n) is 2.63. The van der Waals surface area contributed by atoms with Crippen LogP contribution < -0.4 is 4.74 Å². The first kappa shape index (κ1) is 17.6. The molecule has 0 atom stereocenters. The highest BCUT2D eigenvalue weighted by Gasteiger charge is 2.24. The summed E-state index contributed by atoms with van der Waals surface area (Å²) in [6.45, 7) is -2.94. The molecule has 1 aliphatic rings. The topological polar surface area (TPSA) is 65.7 Å². The normalized spacial score (nSPS) is 15.0. The minimum atomic E-state index is -2.94. The minimum Gasteiger partial charge on any atom is -0.435 e. The van der Waals surface area contributed by atoms with Gasteiger partial charge in [-0.25, -0.2) is 14.5 Å². The molecular formula is C20H13F2N3O3. The summed E-state index contributed by atoms with van der Waals surface area (Å²) in [6.07, 6.45) is 4.89. The number of benzene rings is 2. The number of nitrogens with zero attached hydrogens (tertiary/aromatic N) is 3. The van der Waals surface area contributed by atoms with Crippen LogP contribution >= 0.6 is 0 Å². The van der Waals surface area contributed by atoms with E-state index in [9.17, 15) is 13.6 Å². The number of aliphatic imine (C=N–C) groups is 1. The number of alkyl halides is 2. The monoisotopic (exact) mass is 381 g/mol. The molecule has 2 aromatic carbocycles. The summed E-state index contributed by atoms with van der Waals surface area (Å²) < 4.78 is 35.9. The van der Waals surface area contributed by atoms with Crippen LogP contribution in [0.5, 0.6) is 5.75 Å². The summed E-state index contributed by atoms with van der Waals surface area (Å²) in [5.41, 5.74) is 1.98. The molecule has 0 N–H and O–H groups in total. The van der Waals surface area contributed by atoms with E-state index in [0.29, 0.717) is 11.1 Å². The number of hydrogen-bond acceptors (Lipinski definition) is 5. The molecule has 4 rings (SSSR count). The highest BCUT2D eigenvalue weighted by molar-refractivity contribution is 6.12. The number of carbonyl (C=O) groups excluding carboxylic acids is 1. The fourth-order valence-corrected chi connectivity index (χ4v) is 2.63. The van der Waals surface area contributed by atoms with Gasteiger partial charge in [0.15, 0.2) is 5.70 Å². The Balaban J connectivity index is 1.59. The molecule has 0 unspecified atom stereocenters. The quantitative estimate of drug-likeness (QED) is 0.498. The average molecular weight is 381 g/mol. The summed E-state index contributed by atoms with van der Waals surface area (Å²) in [4.78, 5) is 16.3. The van der Waals surface area contributed by atoms with Gasteiger partial charge in [-0.15, -0.1) is 0 Å². The molecule has 0 saturated carbocycles. The SMILES string of the molecule is O=C1OC(c2cccc(OC(F)F)c2)=N/C1=C\c1cnn(-c2ccccc2)c1. The lowest BCUT2D eigenvalue weighted by Crippen LogP contribution is -2.07. The van der Waals surface area contributed by atoms with Gasteiger partial charge in [0, 0.05) is 17.3 Å². The maximum absolute atomic E-state index is 12.4. The Kier molecular flexibility index (Phi) is 4.67. The fraction of sp³-hybridized carbons (Fsp3) is 0.0500. The molecule has 1 aromatic heterocycles. The predicted octanol–water partition coefficient (Wildman–Crippen LogP) is 3.82. The van der Waals surface area contributed by atoms with E-state index in [1.807, 2.05) is 30.3 Å². The number of ether oxygens (including phenoxy) is 2. The van der Waals surface area contributed by atoms with Crippen LogP contribution in [-0.2, 0) is 9.53 Å². The maximum Gasteiger partial charge on any atom is 0.387 e. The van der Waals surface area contributed by atoms with E-state index >= 15 is 0 Å². The summed E-state index contributed by atoms with van der Waals surface area (Å²) in [6, 6.07) is 15.3. The maximum atomic E-state index is 12.4. The molecular weight excluding hydrogens is 368 g/mol. The number of esters is 1. The van der Waals surface area contributed by atoms with Crippen molar-refractivity contribution in [3.8, 4) is 11.4 Å². The van der Waals surface area contributed by atoms with Gasteiger partial charge in [0.1, 0.15) is 5.75 Å². The van der Waals surface area contributed by atoms with Crippen LogP contribution in [0.15, 0.2) is 77.7 Å². The van der Waals surface area contributed by atoms with E-state index in [2.05, 4.69) is 14.8 Å². The molecule has 0 bridgehead atoms. The molecule has 0 radical (unpaired) electrons. The van der Waals surface area contributed by atoms with Crippen LogP contribution in [0.1, 0.15) is 11.1 Å². The van der Waals surface area contributed by atoms with Crippen LogP contribution in [0.2, 0.25) is 0 Å². The van der Waals surface area contributed by atoms with Gasteiger partial charge in [-0.2, -0.15) is 13.9 Å². The molecule has 6 nitrogen and oxygen atoms in total. The second kappa shape index (κ2) is 7.43. The summed E-state index contributed by atoms with van der Waals surface area (Å²) in [5, 5.41) is 4.25. The van der Waals surface area contributed by atoms with Gasteiger partial charge in [-0.05, 0) is 36.4 Å². The Bertz CT molecular complexity index is 1080. The Labute approximate surface area is 158 Å². The predicted molar refractivity (Wildman–Crippen MR) is 97.2 cm³/mol. The third-order valence-corrected chi connectivity index (χ3v) is 3.85. The van der Waals surface area contributed by atoms with Gasteiger partial charge in [0.2, 0.25) is 5.90 Å². The number of cyclic esters (lactones) is 1. The third-order valence-electron chi connectivity index (χ3n) is 3.85. The van der Waals surface area contributed by atoms with Gasteiger partial charge in [-0.1, -0.05) is 24.3 Å². The lowest BCUT2D eigenvalue weighted by Gasteiger charge is -2.05. The molecule has 8 heteroatoms. The zero-order chi connectivity index (χ0) is 19.5.